The summed E-state index contributed by atoms with van der Waals surface area (Å²) < 4.78 is 6.56. The molecule has 2 rings (SSSR count). The number of ether oxygens (including phenoxy) is 1. The molecule has 1 aliphatic heterocycles. The monoisotopic (exact) mass is 308 g/mol. The van der Waals surface area contributed by atoms with Crippen LogP contribution in [0.4, 0.5) is 5.69 Å². The van der Waals surface area contributed by atoms with Gasteiger partial charge in [-0.2, -0.15) is 5.26 Å². The second kappa shape index (κ2) is 5.73. The van der Waals surface area contributed by atoms with E-state index in [9.17, 15) is 5.26 Å². The van der Waals surface area contributed by atoms with Crippen molar-refractivity contribution in [2.75, 3.05) is 18.1 Å². The Bertz CT molecular complexity index is 469. The highest BCUT2D eigenvalue weighted by Gasteiger charge is 2.27. The molecule has 0 spiro atoms. The van der Waals surface area contributed by atoms with E-state index in [-0.39, 0.29) is 6.10 Å². The van der Waals surface area contributed by atoms with E-state index in [1.54, 1.807) is 0 Å². The van der Waals surface area contributed by atoms with Crippen LogP contribution in [0.25, 0.3) is 0 Å². The summed E-state index contributed by atoms with van der Waals surface area (Å²) in [6.45, 7) is 5.79. The van der Waals surface area contributed by atoms with E-state index in [1.807, 2.05) is 18.2 Å². The molecule has 0 aromatic heterocycles. The minimum Gasteiger partial charge on any atom is -0.375 e. The molecule has 0 radical (unpaired) electrons. The average Bonchev–Trinajstić information content (AvgIpc) is 2.38. The molecule has 2 atom stereocenters. The van der Waals surface area contributed by atoms with E-state index in [2.05, 4.69) is 40.7 Å². The predicted octanol–water partition coefficient (Wildman–Crippen LogP) is 3.32. The molecule has 2 unspecified atom stereocenters. The topological polar surface area (TPSA) is 36.3 Å². The molecular formula is C14H17BrN2O. The van der Waals surface area contributed by atoms with Gasteiger partial charge in [0.1, 0.15) is 6.07 Å². The lowest BCUT2D eigenvalue weighted by Gasteiger charge is -2.40. The maximum atomic E-state index is 9.32. The molecular weight excluding hydrogens is 292 g/mol. The highest BCUT2D eigenvalue weighted by atomic mass is 79.9. The minimum absolute atomic E-state index is 0.207. The lowest BCUT2D eigenvalue weighted by atomic mass is 10.1. The third kappa shape index (κ3) is 2.52. The van der Waals surface area contributed by atoms with Crippen molar-refractivity contribution in [3.63, 3.8) is 0 Å². The Morgan fingerprint density at radius 2 is 2.33 bits per heavy atom. The van der Waals surface area contributed by atoms with E-state index >= 15 is 0 Å². The number of hydrogen-bond acceptors (Lipinski definition) is 3. The molecule has 96 valence electrons. The van der Waals surface area contributed by atoms with Crippen molar-refractivity contribution in [3.8, 4) is 6.07 Å². The van der Waals surface area contributed by atoms with Gasteiger partial charge < -0.3 is 9.64 Å². The van der Waals surface area contributed by atoms with Gasteiger partial charge in [-0.1, -0.05) is 13.0 Å². The molecule has 1 saturated heterocycles. The van der Waals surface area contributed by atoms with Crippen molar-refractivity contribution in [1.82, 2.24) is 0 Å². The predicted molar refractivity (Wildman–Crippen MR) is 75.7 cm³/mol. The summed E-state index contributed by atoms with van der Waals surface area (Å²) in [4.78, 5) is 2.30. The maximum Gasteiger partial charge on any atom is 0.103 e. The molecule has 0 saturated carbocycles. The van der Waals surface area contributed by atoms with Crippen LogP contribution in [0.2, 0.25) is 0 Å². The van der Waals surface area contributed by atoms with Gasteiger partial charge in [0, 0.05) is 11.0 Å². The van der Waals surface area contributed by atoms with E-state index in [1.165, 1.54) is 0 Å². The smallest absolute Gasteiger partial charge is 0.103 e. The van der Waals surface area contributed by atoms with Gasteiger partial charge in [0.15, 0.2) is 0 Å². The van der Waals surface area contributed by atoms with Crippen molar-refractivity contribution in [3.05, 3.63) is 28.2 Å². The molecule has 3 nitrogen and oxygen atoms in total. The first-order chi connectivity index (χ1) is 8.67. The zero-order valence-corrected chi connectivity index (χ0v) is 12.3. The zero-order chi connectivity index (χ0) is 13.1. The Morgan fingerprint density at radius 3 is 3.00 bits per heavy atom. The van der Waals surface area contributed by atoms with E-state index < -0.39 is 0 Å². The number of nitrogens with zero attached hydrogens (tertiary/aromatic N) is 2. The molecule has 4 heteroatoms. The number of anilines is 1. The Balaban J connectivity index is 2.40. The van der Waals surface area contributed by atoms with Crippen LogP contribution in [0.15, 0.2) is 22.7 Å². The van der Waals surface area contributed by atoms with Crippen molar-refractivity contribution in [1.29, 1.82) is 5.26 Å². The van der Waals surface area contributed by atoms with Crippen LogP contribution in [0.1, 0.15) is 25.8 Å². The van der Waals surface area contributed by atoms with Crippen LogP contribution < -0.4 is 4.90 Å². The Morgan fingerprint density at radius 1 is 1.56 bits per heavy atom. The van der Waals surface area contributed by atoms with E-state index in [0.717, 1.165) is 29.7 Å². The average molecular weight is 309 g/mol. The fraction of sp³-hybridized carbons (Fsp3) is 0.500. The van der Waals surface area contributed by atoms with Crippen molar-refractivity contribution in [2.45, 2.75) is 32.4 Å². The standard InChI is InChI=1S/C14H17BrN2O/c1-3-11-9-18-10(2)8-17(11)14-6-4-5-13(15)12(14)7-16/h4-6,10-11H,3,8-9H2,1-2H3. The normalized spacial score (nSPS) is 23.8. The largest absolute Gasteiger partial charge is 0.375 e. The van der Waals surface area contributed by atoms with Gasteiger partial charge in [-0.05, 0) is 41.4 Å². The summed E-state index contributed by atoms with van der Waals surface area (Å²) in [5.41, 5.74) is 1.72. The first-order valence-corrected chi connectivity index (χ1v) is 7.03. The van der Waals surface area contributed by atoms with Gasteiger partial charge in [-0.15, -0.1) is 0 Å². The first kappa shape index (κ1) is 13.4. The summed E-state index contributed by atoms with van der Waals surface area (Å²) >= 11 is 3.45. The van der Waals surface area contributed by atoms with Gasteiger partial charge in [0.2, 0.25) is 0 Å². The van der Waals surface area contributed by atoms with Gasteiger partial charge in [-0.25, -0.2) is 0 Å². The van der Waals surface area contributed by atoms with E-state index in [0.29, 0.717) is 11.6 Å². The van der Waals surface area contributed by atoms with Crippen LogP contribution in [-0.4, -0.2) is 25.3 Å². The molecule has 1 aromatic carbocycles. The summed E-state index contributed by atoms with van der Waals surface area (Å²) in [6, 6.07) is 8.55. The molecule has 1 aliphatic rings. The molecule has 0 aliphatic carbocycles. The SMILES string of the molecule is CCC1COC(C)CN1c1cccc(Br)c1C#N. The second-order valence-corrected chi connectivity index (χ2v) is 5.46. The maximum absolute atomic E-state index is 9.32. The molecule has 0 amide bonds. The molecule has 0 N–H and O–H groups in total. The van der Waals surface area contributed by atoms with Crippen LogP contribution >= 0.6 is 15.9 Å². The number of nitriles is 1. The van der Waals surface area contributed by atoms with Crippen molar-refractivity contribution < 1.29 is 4.74 Å². The molecule has 1 aromatic rings. The number of hydrogen-bond donors (Lipinski definition) is 0. The summed E-state index contributed by atoms with van der Waals surface area (Å²) in [7, 11) is 0. The van der Waals surface area contributed by atoms with Crippen LogP contribution in [0.5, 0.6) is 0 Å². The van der Waals surface area contributed by atoms with Crippen LogP contribution in [0, 0.1) is 11.3 Å². The number of morpholine rings is 1. The number of rotatable bonds is 2. The lowest BCUT2D eigenvalue weighted by Crippen LogP contribution is -2.49. The Hall–Kier alpha value is -1.05. The number of halogens is 1. The number of benzene rings is 1. The van der Waals surface area contributed by atoms with Gasteiger partial charge in [0.05, 0.1) is 30.0 Å². The summed E-state index contributed by atoms with van der Waals surface area (Å²) in [6.07, 6.45) is 1.22. The molecule has 0 bridgehead atoms. The Labute approximate surface area is 116 Å². The van der Waals surface area contributed by atoms with Gasteiger partial charge in [-0.3, -0.25) is 0 Å². The summed E-state index contributed by atoms with van der Waals surface area (Å²) in [5, 5.41) is 9.32. The quantitative estimate of drug-likeness (QED) is 0.841. The molecule has 18 heavy (non-hydrogen) atoms. The van der Waals surface area contributed by atoms with Crippen LogP contribution in [-0.2, 0) is 4.74 Å². The van der Waals surface area contributed by atoms with Gasteiger partial charge >= 0.3 is 0 Å². The van der Waals surface area contributed by atoms with Crippen LogP contribution in [0.3, 0.4) is 0 Å². The van der Waals surface area contributed by atoms with Crippen molar-refractivity contribution in [2.24, 2.45) is 0 Å². The fourth-order valence-corrected chi connectivity index (χ4v) is 2.78. The highest BCUT2D eigenvalue weighted by molar-refractivity contribution is 9.10. The summed E-state index contributed by atoms with van der Waals surface area (Å²) in [5.74, 6) is 0. The fourth-order valence-electron chi connectivity index (χ4n) is 2.34. The third-order valence-corrected chi connectivity index (χ3v) is 4.01. The van der Waals surface area contributed by atoms with Gasteiger partial charge in [0.25, 0.3) is 0 Å². The molecule has 1 fully saturated rings. The highest BCUT2D eigenvalue weighted by Crippen LogP contribution is 2.31. The molecule has 1 heterocycles. The Kier molecular flexibility index (Phi) is 4.26. The van der Waals surface area contributed by atoms with E-state index in [4.69, 9.17) is 4.74 Å². The second-order valence-electron chi connectivity index (χ2n) is 4.60. The lowest BCUT2D eigenvalue weighted by molar-refractivity contribution is 0.0299. The third-order valence-electron chi connectivity index (χ3n) is 3.35. The zero-order valence-electron chi connectivity index (χ0n) is 10.7. The van der Waals surface area contributed by atoms with Crippen molar-refractivity contribution >= 4 is 21.6 Å². The first-order valence-electron chi connectivity index (χ1n) is 6.24. The minimum atomic E-state index is 0.207.